The van der Waals surface area contributed by atoms with Crippen molar-refractivity contribution in [3.8, 4) is 0 Å². The summed E-state index contributed by atoms with van der Waals surface area (Å²) >= 11 is 0. The third-order valence-corrected chi connectivity index (χ3v) is 2.29. The van der Waals surface area contributed by atoms with Crippen LogP contribution in [-0.2, 0) is 9.53 Å². The maximum atomic E-state index is 13.5. The first-order chi connectivity index (χ1) is 7.47. The molecule has 0 spiro atoms. The number of Topliss-reactive ketones (excluding diaryl/α,β-unsaturated/α-hetero) is 1. The lowest BCUT2D eigenvalue weighted by molar-refractivity contribution is -0.137. The van der Waals surface area contributed by atoms with Crippen LogP contribution >= 0.6 is 0 Å². The average molecular weight is 224 g/mol. The van der Waals surface area contributed by atoms with Gasteiger partial charge in [-0.15, -0.1) is 0 Å². The zero-order chi connectivity index (χ0) is 12.3. The minimum Gasteiger partial charge on any atom is -0.460 e. The summed E-state index contributed by atoms with van der Waals surface area (Å²) in [5.41, 5.74) is 1.26. The number of benzene rings is 1. The van der Waals surface area contributed by atoms with Crippen LogP contribution in [0.5, 0.6) is 0 Å². The second-order valence-corrected chi connectivity index (χ2v) is 3.47. The van der Waals surface area contributed by atoms with Crippen molar-refractivity contribution in [3.05, 3.63) is 34.6 Å². The molecule has 0 amide bonds. The van der Waals surface area contributed by atoms with Gasteiger partial charge in [0.15, 0.2) is 0 Å². The minimum absolute atomic E-state index is 0.0943. The normalized spacial score (nSPS) is 10.0. The maximum Gasteiger partial charge on any atom is 0.379 e. The van der Waals surface area contributed by atoms with Crippen molar-refractivity contribution in [3.63, 3.8) is 0 Å². The fraction of sp³-hybridized carbons (Fsp3) is 0.333. The van der Waals surface area contributed by atoms with Crippen LogP contribution in [0.1, 0.15) is 28.4 Å². The quantitative estimate of drug-likeness (QED) is 0.449. The van der Waals surface area contributed by atoms with Crippen molar-refractivity contribution in [2.45, 2.75) is 20.8 Å². The molecule has 86 valence electrons. The van der Waals surface area contributed by atoms with Gasteiger partial charge in [0.1, 0.15) is 5.82 Å². The molecule has 0 aliphatic rings. The van der Waals surface area contributed by atoms with Crippen molar-refractivity contribution < 1.29 is 18.7 Å². The van der Waals surface area contributed by atoms with Crippen LogP contribution in [0.4, 0.5) is 4.39 Å². The molecule has 0 radical (unpaired) electrons. The zero-order valence-electron chi connectivity index (χ0n) is 9.46. The van der Waals surface area contributed by atoms with Gasteiger partial charge in [-0.2, -0.15) is 0 Å². The van der Waals surface area contributed by atoms with Gasteiger partial charge < -0.3 is 4.74 Å². The van der Waals surface area contributed by atoms with Crippen LogP contribution in [0, 0.1) is 19.7 Å². The van der Waals surface area contributed by atoms with Gasteiger partial charge in [-0.1, -0.05) is 0 Å². The highest BCUT2D eigenvalue weighted by atomic mass is 19.1. The summed E-state index contributed by atoms with van der Waals surface area (Å²) in [4.78, 5) is 22.7. The molecule has 4 heteroatoms. The standard InChI is InChI=1S/C12H13FO3/c1-4-16-12(15)11(14)9-5-7(2)8(3)6-10(9)13/h5-6H,4H2,1-3H3. The SMILES string of the molecule is CCOC(=O)C(=O)c1cc(C)c(C)cc1F. The van der Waals surface area contributed by atoms with E-state index < -0.39 is 17.6 Å². The van der Waals surface area contributed by atoms with Crippen molar-refractivity contribution in [1.82, 2.24) is 0 Å². The zero-order valence-corrected chi connectivity index (χ0v) is 9.46. The third-order valence-electron chi connectivity index (χ3n) is 2.29. The highest BCUT2D eigenvalue weighted by Gasteiger charge is 2.21. The summed E-state index contributed by atoms with van der Waals surface area (Å²) in [7, 11) is 0. The number of halogens is 1. The van der Waals surface area contributed by atoms with Crippen molar-refractivity contribution in [1.29, 1.82) is 0 Å². The van der Waals surface area contributed by atoms with E-state index >= 15 is 0 Å². The monoisotopic (exact) mass is 224 g/mol. The molecule has 0 fully saturated rings. The van der Waals surface area contributed by atoms with E-state index in [1.165, 1.54) is 12.1 Å². The number of carbonyl (C=O) groups is 2. The second-order valence-electron chi connectivity index (χ2n) is 3.47. The van der Waals surface area contributed by atoms with E-state index in [0.717, 1.165) is 11.1 Å². The largest absolute Gasteiger partial charge is 0.460 e. The number of esters is 1. The molecule has 3 nitrogen and oxygen atoms in total. The van der Waals surface area contributed by atoms with Gasteiger partial charge in [-0.25, -0.2) is 9.18 Å². The molecule has 0 aliphatic heterocycles. The molecule has 0 bridgehead atoms. The molecular formula is C12H13FO3. The molecule has 0 unspecified atom stereocenters. The van der Waals surface area contributed by atoms with Crippen LogP contribution in [0.2, 0.25) is 0 Å². The molecule has 0 atom stereocenters. The molecule has 0 heterocycles. The van der Waals surface area contributed by atoms with E-state index in [1.807, 2.05) is 0 Å². The fourth-order valence-corrected chi connectivity index (χ4v) is 1.26. The van der Waals surface area contributed by atoms with Crippen molar-refractivity contribution in [2.24, 2.45) is 0 Å². The lowest BCUT2D eigenvalue weighted by atomic mass is 10.0. The third kappa shape index (κ3) is 2.45. The second kappa shape index (κ2) is 4.88. The first-order valence-electron chi connectivity index (χ1n) is 4.95. The number of hydrogen-bond donors (Lipinski definition) is 0. The Hall–Kier alpha value is -1.71. The molecule has 0 N–H and O–H groups in total. The van der Waals surface area contributed by atoms with Crippen molar-refractivity contribution >= 4 is 11.8 Å². The van der Waals surface area contributed by atoms with Crippen LogP contribution in [0.25, 0.3) is 0 Å². The molecule has 0 saturated heterocycles. The Labute approximate surface area is 93.2 Å². The number of ether oxygens (including phenoxy) is 1. The highest BCUT2D eigenvalue weighted by Crippen LogP contribution is 2.15. The molecule has 0 aromatic heterocycles. The maximum absolute atomic E-state index is 13.5. The smallest absolute Gasteiger partial charge is 0.379 e. The molecule has 1 rings (SSSR count). The lowest BCUT2D eigenvalue weighted by Gasteiger charge is -2.05. The number of rotatable bonds is 3. The molecule has 0 aliphatic carbocycles. The Morgan fingerprint density at radius 2 is 1.81 bits per heavy atom. The topological polar surface area (TPSA) is 43.4 Å². The molecule has 1 aromatic rings. The van der Waals surface area contributed by atoms with Gasteiger partial charge in [0.2, 0.25) is 0 Å². The molecule has 1 aromatic carbocycles. The summed E-state index contributed by atoms with van der Waals surface area (Å²) in [6.45, 7) is 5.16. The van der Waals surface area contributed by atoms with Gasteiger partial charge >= 0.3 is 5.97 Å². The van der Waals surface area contributed by atoms with E-state index in [-0.39, 0.29) is 12.2 Å². The van der Waals surface area contributed by atoms with E-state index in [9.17, 15) is 14.0 Å². The number of ketones is 1. The van der Waals surface area contributed by atoms with Crippen LogP contribution < -0.4 is 0 Å². The Morgan fingerprint density at radius 1 is 1.25 bits per heavy atom. The van der Waals surface area contributed by atoms with Gasteiger partial charge in [0.25, 0.3) is 5.78 Å². The Morgan fingerprint density at radius 3 is 2.38 bits per heavy atom. The van der Waals surface area contributed by atoms with Crippen LogP contribution in [0.3, 0.4) is 0 Å². The summed E-state index contributed by atoms with van der Waals surface area (Å²) in [5.74, 6) is -2.66. The van der Waals surface area contributed by atoms with E-state index in [4.69, 9.17) is 0 Å². The number of aryl methyl sites for hydroxylation is 2. The summed E-state index contributed by atoms with van der Waals surface area (Å²) in [5, 5.41) is 0. The van der Waals surface area contributed by atoms with Gasteiger partial charge in [0, 0.05) is 0 Å². The van der Waals surface area contributed by atoms with Crippen molar-refractivity contribution in [2.75, 3.05) is 6.61 Å². The predicted octanol–water partition coefficient (Wildman–Crippen LogP) is 2.19. The summed E-state index contributed by atoms with van der Waals surface area (Å²) in [6.07, 6.45) is 0. The lowest BCUT2D eigenvalue weighted by Crippen LogP contribution is -2.19. The number of carbonyl (C=O) groups excluding carboxylic acids is 2. The Bertz CT molecular complexity index is 438. The number of hydrogen-bond acceptors (Lipinski definition) is 3. The van der Waals surface area contributed by atoms with Gasteiger partial charge in [-0.05, 0) is 44.0 Å². The summed E-state index contributed by atoms with van der Waals surface area (Å²) in [6, 6.07) is 2.60. The Kier molecular flexibility index (Phi) is 3.77. The van der Waals surface area contributed by atoms with Crippen LogP contribution in [-0.4, -0.2) is 18.4 Å². The van der Waals surface area contributed by atoms with E-state index in [2.05, 4.69) is 4.74 Å². The first kappa shape index (κ1) is 12.4. The molecular weight excluding hydrogens is 211 g/mol. The predicted molar refractivity (Wildman–Crippen MR) is 56.8 cm³/mol. The van der Waals surface area contributed by atoms with E-state index in [0.29, 0.717) is 0 Å². The van der Waals surface area contributed by atoms with E-state index in [1.54, 1.807) is 20.8 Å². The van der Waals surface area contributed by atoms with Crippen LogP contribution in [0.15, 0.2) is 12.1 Å². The van der Waals surface area contributed by atoms with Gasteiger partial charge in [0.05, 0.1) is 12.2 Å². The summed E-state index contributed by atoms with van der Waals surface area (Å²) < 4.78 is 18.0. The fourth-order valence-electron chi connectivity index (χ4n) is 1.26. The first-order valence-corrected chi connectivity index (χ1v) is 4.95. The Balaban J connectivity index is 3.09. The minimum atomic E-state index is -1.02. The molecule has 16 heavy (non-hydrogen) atoms. The highest BCUT2D eigenvalue weighted by molar-refractivity contribution is 6.40. The molecule has 0 saturated carbocycles. The average Bonchev–Trinajstić information content (AvgIpc) is 2.23. The van der Waals surface area contributed by atoms with Gasteiger partial charge in [-0.3, -0.25) is 4.79 Å².